The molecule has 2 aliphatic rings. The predicted octanol–water partition coefficient (Wildman–Crippen LogP) is 4.69. The van der Waals surface area contributed by atoms with Crippen molar-refractivity contribution in [1.29, 1.82) is 0 Å². The Morgan fingerprint density at radius 2 is 1.96 bits per heavy atom. The zero-order valence-electron chi connectivity index (χ0n) is 15.4. The minimum atomic E-state index is -1.77. The lowest BCUT2D eigenvalue weighted by molar-refractivity contribution is -0.157. The molecule has 0 aliphatic heterocycles. The summed E-state index contributed by atoms with van der Waals surface area (Å²) in [5.74, 6) is 1.09. The summed E-state index contributed by atoms with van der Waals surface area (Å²) in [6.07, 6.45) is 13.3. The second kappa shape index (κ2) is 12.0. The molecule has 2 aliphatic carbocycles. The lowest BCUT2D eigenvalue weighted by Crippen LogP contribution is -2.17. The molecule has 0 spiro atoms. The molecule has 1 atom stereocenters. The Bertz CT molecular complexity index is 571. The van der Waals surface area contributed by atoms with Crippen molar-refractivity contribution in [1.82, 2.24) is 0 Å². The highest BCUT2D eigenvalue weighted by Crippen LogP contribution is 2.38. The standard InChI is InChI=1S/C17H25N2O2P.C2H5N/c1-13-4-3-5-16(12-13)17(18-2)15-8-6-14(7-9-15)10-11-22(21)19-20;1-3-2/h3-5,14-15,20H,2,6-12H2,1H3;1H2,2H3/b17-16-;. The molecule has 0 aromatic rings. The molecule has 138 valence electrons. The Kier molecular flexibility index (Phi) is 10.4. The third-order valence-corrected chi connectivity index (χ3v) is 5.55. The van der Waals surface area contributed by atoms with E-state index in [4.69, 9.17) is 5.21 Å². The van der Waals surface area contributed by atoms with Crippen LogP contribution < -0.4 is 4.89 Å². The molecule has 0 aromatic heterocycles. The van der Waals surface area contributed by atoms with Gasteiger partial charge in [0.25, 0.3) is 0 Å². The van der Waals surface area contributed by atoms with Crippen LogP contribution in [-0.2, 0) is 0 Å². The Balaban J connectivity index is 0.000000970. The van der Waals surface area contributed by atoms with Gasteiger partial charge in [-0.2, -0.15) is 0 Å². The lowest BCUT2D eigenvalue weighted by Gasteiger charge is -2.29. The first kappa shape index (κ1) is 21.6. The van der Waals surface area contributed by atoms with Gasteiger partial charge in [-0.05, 0) is 70.4 Å². The molecule has 25 heavy (non-hydrogen) atoms. The van der Waals surface area contributed by atoms with Crippen LogP contribution in [0.3, 0.4) is 0 Å². The van der Waals surface area contributed by atoms with Crippen LogP contribution in [0.4, 0.5) is 0 Å². The maximum absolute atomic E-state index is 11.2. The van der Waals surface area contributed by atoms with Crippen LogP contribution in [0, 0.1) is 11.8 Å². The Morgan fingerprint density at radius 1 is 1.32 bits per heavy atom. The van der Waals surface area contributed by atoms with E-state index in [0.717, 1.165) is 38.5 Å². The number of aliphatic imine (C=N–C) groups is 2. The number of nitrogens with zero attached hydrogens (tertiary/aromatic N) is 3. The van der Waals surface area contributed by atoms with Crippen molar-refractivity contribution in [2.45, 2.75) is 45.4 Å². The van der Waals surface area contributed by atoms with Crippen molar-refractivity contribution >= 4 is 21.4 Å². The molecule has 0 saturated heterocycles. The predicted molar refractivity (Wildman–Crippen MR) is 106 cm³/mol. The van der Waals surface area contributed by atoms with Crippen molar-refractivity contribution in [3.05, 3.63) is 35.1 Å². The average molecular weight is 363 g/mol. The van der Waals surface area contributed by atoms with E-state index in [-0.39, 0.29) is 0 Å². The second-order valence-corrected chi connectivity index (χ2v) is 7.94. The van der Waals surface area contributed by atoms with E-state index < -0.39 is 7.94 Å². The molecule has 1 saturated carbocycles. The van der Waals surface area contributed by atoms with E-state index in [1.807, 2.05) is 0 Å². The highest BCUT2D eigenvalue weighted by Gasteiger charge is 2.26. The van der Waals surface area contributed by atoms with E-state index in [0.29, 0.717) is 18.0 Å². The van der Waals surface area contributed by atoms with Crippen molar-refractivity contribution in [3.63, 3.8) is 0 Å². The second-order valence-electron chi connectivity index (χ2n) is 6.61. The summed E-state index contributed by atoms with van der Waals surface area (Å²) >= 11 is 0. The number of hydrogen-bond acceptors (Lipinski definition) is 4. The molecular formula is C19H30N3O2P. The minimum Gasteiger partial charge on any atom is -0.610 e. The van der Waals surface area contributed by atoms with Crippen molar-refractivity contribution in [3.8, 4) is 0 Å². The molecule has 6 heteroatoms. The smallest absolute Gasteiger partial charge is 0.201 e. The molecule has 1 unspecified atom stereocenters. The van der Waals surface area contributed by atoms with Crippen molar-refractivity contribution in [2.75, 3.05) is 13.2 Å². The van der Waals surface area contributed by atoms with Crippen LogP contribution in [0.1, 0.15) is 45.4 Å². The summed E-state index contributed by atoms with van der Waals surface area (Å²) in [5.41, 5.74) is 3.84. The van der Waals surface area contributed by atoms with Crippen LogP contribution in [0.25, 0.3) is 0 Å². The van der Waals surface area contributed by atoms with Gasteiger partial charge < -0.3 is 9.89 Å². The molecule has 0 radical (unpaired) electrons. The maximum Gasteiger partial charge on any atom is 0.201 e. The summed E-state index contributed by atoms with van der Waals surface area (Å²) in [6, 6.07) is 0. The van der Waals surface area contributed by atoms with Gasteiger partial charge in [0.05, 0.1) is 0 Å². The van der Waals surface area contributed by atoms with Gasteiger partial charge in [-0.15, -0.1) is 0 Å². The molecule has 2 rings (SSSR count). The van der Waals surface area contributed by atoms with Crippen molar-refractivity contribution < 1.29 is 10.1 Å². The van der Waals surface area contributed by atoms with Gasteiger partial charge in [0.15, 0.2) is 0 Å². The van der Waals surface area contributed by atoms with Crippen LogP contribution >= 0.6 is 7.94 Å². The number of hydrogen-bond donors (Lipinski definition) is 1. The van der Waals surface area contributed by atoms with Crippen molar-refractivity contribution in [2.24, 2.45) is 26.7 Å². The third-order valence-electron chi connectivity index (χ3n) is 4.71. The average Bonchev–Trinajstić information content (AvgIpc) is 2.62. The van der Waals surface area contributed by atoms with Gasteiger partial charge in [0, 0.05) is 23.6 Å². The molecule has 0 amide bonds. The summed E-state index contributed by atoms with van der Waals surface area (Å²) in [7, 11) is -0.129. The fourth-order valence-electron chi connectivity index (χ4n) is 3.48. The van der Waals surface area contributed by atoms with E-state index in [1.54, 1.807) is 7.05 Å². The summed E-state index contributed by atoms with van der Waals surface area (Å²) in [4.78, 5) is 21.7. The molecule has 1 fully saturated rings. The van der Waals surface area contributed by atoms with Gasteiger partial charge in [-0.1, -0.05) is 23.8 Å². The zero-order chi connectivity index (χ0) is 18.7. The Morgan fingerprint density at radius 3 is 2.48 bits per heavy atom. The fourth-order valence-corrected chi connectivity index (χ4v) is 4.15. The van der Waals surface area contributed by atoms with Crippen LogP contribution in [0.5, 0.6) is 0 Å². The van der Waals surface area contributed by atoms with Gasteiger partial charge in [0.1, 0.15) is 6.16 Å². The maximum atomic E-state index is 11.2. The monoisotopic (exact) mass is 363 g/mol. The molecule has 0 heterocycles. The van der Waals surface area contributed by atoms with Crippen LogP contribution in [0.2, 0.25) is 0 Å². The largest absolute Gasteiger partial charge is 0.610 e. The Labute approximate surface area is 152 Å². The minimum absolute atomic E-state index is 0.496. The van der Waals surface area contributed by atoms with E-state index >= 15 is 0 Å². The van der Waals surface area contributed by atoms with E-state index in [1.165, 1.54) is 16.8 Å². The fraction of sp³-hybridized carbons (Fsp3) is 0.579. The summed E-state index contributed by atoms with van der Waals surface area (Å²) in [6.45, 7) is 9.04. The first-order valence-corrected chi connectivity index (χ1v) is 10.1. The molecule has 1 N–H and O–H groups in total. The Hall–Kier alpha value is -1.42. The normalized spacial score (nSPS) is 25.4. The summed E-state index contributed by atoms with van der Waals surface area (Å²) in [5, 5.41) is 8.48. The zero-order valence-corrected chi connectivity index (χ0v) is 16.3. The summed E-state index contributed by atoms with van der Waals surface area (Å²) < 4.78 is 0. The SMILES string of the molecule is C=N/C(=C1/C=CC=C(C)C1)C1CCC(CC/[P+]([O-])=N/O)CC1.C=NC. The van der Waals surface area contributed by atoms with Gasteiger partial charge >= 0.3 is 0 Å². The quantitative estimate of drug-likeness (QED) is 0.437. The number of rotatable bonds is 5. The first-order chi connectivity index (χ1) is 12.0. The van der Waals surface area contributed by atoms with Crippen LogP contribution in [-0.4, -0.2) is 31.9 Å². The van der Waals surface area contributed by atoms with E-state index in [2.05, 4.69) is 53.5 Å². The van der Waals surface area contributed by atoms with Gasteiger partial charge in [0.2, 0.25) is 7.94 Å². The lowest BCUT2D eigenvalue weighted by atomic mass is 9.78. The third kappa shape index (κ3) is 7.55. The molecule has 5 nitrogen and oxygen atoms in total. The van der Waals surface area contributed by atoms with Gasteiger partial charge in [-0.25, -0.2) is 5.21 Å². The number of allylic oxidation sites excluding steroid dienone is 6. The van der Waals surface area contributed by atoms with Crippen LogP contribution in [0.15, 0.2) is 50.0 Å². The highest BCUT2D eigenvalue weighted by molar-refractivity contribution is 7.39. The highest BCUT2D eigenvalue weighted by atomic mass is 31.1. The molecule has 0 aromatic carbocycles. The van der Waals surface area contributed by atoms with E-state index in [9.17, 15) is 4.89 Å². The molecular weight excluding hydrogens is 333 g/mol. The van der Waals surface area contributed by atoms with Gasteiger partial charge in [-0.3, -0.25) is 4.99 Å². The first-order valence-electron chi connectivity index (χ1n) is 8.73. The molecule has 0 bridgehead atoms. The topological polar surface area (TPSA) is 80.4 Å².